The van der Waals surface area contributed by atoms with Gasteiger partial charge in [-0.25, -0.2) is 4.79 Å². The third-order valence-corrected chi connectivity index (χ3v) is 4.77. The predicted octanol–water partition coefficient (Wildman–Crippen LogP) is 4.44. The Kier molecular flexibility index (Phi) is 5.90. The van der Waals surface area contributed by atoms with Crippen LogP contribution in [0.2, 0.25) is 5.02 Å². The maximum Gasteiger partial charge on any atom is 0.338 e. The second-order valence-electron chi connectivity index (χ2n) is 6.09. The van der Waals surface area contributed by atoms with Crippen LogP contribution in [0.3, 0.4) is 0 Å². The maximum absolute atomic E-state index is 12.6. The summed E-state index contributed by atoms with van der Waals surface area (Å²) in [7, 11) is 2.89. The van der Waals surface area contributed by atoms with Crippen LogP contribution in [-0.2, 0) is 11.2 Å². The summed E-state index contributed by atoms with van der Waals surface area (Å²) in [6, 6.07) is 8.65. The molecule has 0 aliphatic rings. The number of para-hydroxylation sites is 1. The summed E-state index contributed by atoms with van der Waals surface area (Å²) in [4.78, 5) is 28.1. The lowest BCUT2D eigenvalue weighted by Gasteiger charge is -2.11. The normalized spacial score (nSPS) is 10.7. The Balaban J connectivity index is 1.77. The minimum atomic E-state index is -0.676. The average Bonchev–Trinajstić information content (AvgIpc) is 3.15. The Morgan fingerprint density at radius 1 is 1.14 bits per heavy atom. The zero-order valence-electron chi connectivity index (χ0n) is 15.8. The zero-order valence-corrected chi connectivity index (χ0v) is 16.6. The zero-order chi connectivity index (χ0) is 20.3. The molecule has 0 spiro atoms. The second-order valence-corrected chi connectivity index (χ2v) is 6.50. The number of fused-ring (bicyclic) bond motifs is 1. The highest BCUT2D eigenvalue weighted by molar-refractivity contribution is 6.32. The summed E-state index contributed by atoms with van der Waals surface area (Å²) < 4.78 is 15.5. The Hall–Kier alpha value is -2.99. The van der Waals surface area contributed by atoms with E-state index in [0.29, 0.717) is 17.1 Å². The van der Waals surface area contributed by atoms with E-state index in [1.807, 2.05) is 25.1 Å². The smallest absolute Gasteiger partial charge is 0.338 e. The number of rotatable bonds is 7. The molecule has 146 valence electrons. The highest BCUT2D eigenvalue weighted by Gasteiger charge is 2.19. The summed E-state index contributed by atoms with van der Waals surface area (Å²) in [5, 5.41) is 1.03. The molecule has 0 amide bonds. The lowest BCUT2D eigenvalue weighted by Crippen LogP contribution is -2.14. The van der Waals surface area contributed by atoms with Crippen molar-refractivity contribution in [3.63, 3.8) is 0 Å². The lowest BCUT2D eigenvalue weighted by atomic mass is 10.1. The van der Waals surface area contributed by atoms with Gasteiger partial charge in [-0.1, -0.05) is 36.7 Å². The number of methoxy groups -OCH3 is 2. The van der Waals surface area contributed by atoms with Crippen molar-refractivity contribution in [1.82, 2.24) is 4.98 Å². The molecule has 6 nitrogen and oxygen atoms in total. The van der Waals surface area contributed by atoms with Crippen LogP contribution in [0.5, 0.6) is 11.5 Å². The van der Waals surface area contributed by atoms with Crippen LogP contribution in [0.25, 0.3) is 10.9 Å². The minimum absolute atomic E-state index is 0.169. The molecule has 0 saturated heterocycles. The summed E-state index contributed by atoms with van der Waals surface area (Å²) in [5.41, 5.74) is 2.70. The number of benzene rings is 2. The Bertz CT molecular complexity index is 1040. The van der Waals surface area contributed by atoms with Crippen LogP contribution in [-0.4, -0.2) is 37.6 Å². The summed E-state index contributed by atoms with van der Waals surface area (Å²) in [6.45, 7) is 1.67. The second kappa shape index (κ2) is 8.35. The number of carbonyl (C=O) groups excluding carboxylic acids is 2. The van der Waals surface area contributed by atoms with E-state index < -0.39 is 5.97 Å². The third kappa shape index (κ3) is 3.68. The van der Waals surface area contributed by atoms with Crippen molar-refractivity contribution >= 4 is 34.3 Å². The van der Waals surface area contributed by atoms with Crippen LogP contribution in [0.15, 0.2) is 36.5 Å². The lowest BCUT2D eigenvalue weighted by molar-refractivity contribution is 0.0475. The van der Waals surface area contributed by atoms with E-state index in [9.17, 15) is 9.59 Å². The largest absolute Gasteiger partial charge is 0.493 e. The van der Waals surface area contributed by atoms with Crippen molar-refractivity contribution in [2.24, 2.45) is 0 Å². The summed E-state index contributed by atoms with van der Waals surface area (Å²) >= 11 is 6.11. The van der Waals surface area contributed by atoms with E-state index in [1.54, 1.807) is 6.20 Å². The fourth-order valence-electron chi connectivity index (χ4n) is 3.07. The number of esters is 1. The topological polar surface area (TPSA) is 77.6 Å². The van der Waals surface area contributed by atoms with Crippen LogP contribution in [0.1, 0.15) is 33.2 Å². The molecule has 7 heteroatoms. The SMILES string of the molecule is CCc1cccc2c(C(=O)COC(=O)c3cc(Cl)c(OC)c(OC)c3)c[nH]c12. The van der Waals surface area contributed by atoms with Crippen LogP contribution < -0.4 is 9.47 Å². The van der Waals surface area contributed by atoms with Gasteiger partial charge in [-0.2, -0.15) is 0 Å². The molecule has 1 aromatic heterocycles. The fourth-order valence-corrected chi connectivity index (χ4v) is 3.36. The van der Waals surface area contributed by atoms with Gasteiger partial charge in [0.25, 0.3) is 0 Å². The van der Waals surface area contributed by atoms with Crippen molar-refractivity contribution in [2.45, 2.75) is 13.3 Å². The van der Waals surface area contributed by atoms with Crippen LogP contribution in [0.4, 0.5) is 0 Å². The number of aromatic amines is 1. The van der Waals surface area contributed by atoms with Crippen molar-refractivity contribution in [1.29, 1.82) is 0 Å². The molecule has 1 N–H and O–H groups in total. The number of hydrogen-bond donors (Lipinski definition) is 1. The Labute approximate surface area is 167 Å². The number of H-pyrrole nitrogens is 1. The molecule has 3 aromatic rings. The summed E-state index contributed by atoms with van der Waals surface area (Å²) in [5.74, 6) is -0.343. The molecule has 0 saturated carbocycles. The Morgan fingerprint density at radius 2 is 1.93 bits per heavy atom. The van der Waals surface area contributed by atoms with Gasteiger partial charge >= 0.3 is 5.97 Å². The van der Waals surface area contributed by atoms with Gasteiger partial charge in [-0.3, -0.25) is 4.79 Å². The van der Waals surface area contributed by atoms with Gasteiger partial charge < -0.3 is 19.2 Å². The van der Waals surface area contributed by atoms with E-state index in [4.69, 9.17) is 25.8 Å². The van der Waals surface area contributed by atoms with Gasteiger partial charge in [-0.05, 0) is 24.1 Å². The first kappa shape index (κ1) is 19.8. The monoisotopic (exact) mass is 401 g/mol. The Morgan fingerprint density at radius 3 is 2.61 bits per heavy atom. The molecule has 0 fully saturated rings. The maximum atomic E-state index is 12.6. The van der Waals surface area contributed by atoms with E-state index in [-0.39, 0.29) is 23.0 Å². The quantitative estimate of drug-likeness (QED) is 0.467. The summed E-state index contributed by atoms with van der Waals surface area (Å²) in [6.07, 6.45) is 2.49. The molecular weight excluding hydrogens is 382 g/mol. The number of Topliss-reactive ketones (excluding diaryl/α,β-unsaturated/α-hetero) is 1. The molecule has 28 heavy (non-hydrogen) atoms. The predicted molar refractivity (Wildman–Crippen MR) is 107 cm³/mol. The first-order valence-electron chi connectivity index (χ1n) is 8.71. The van der Waals surface area contributed by atoms with Crippen molar-refractivity contribution in [3.05, 3.63) is 58.2 Å². The molecular formula is C21H20ClNO5. The van der Waals surface area contributed by atoms with E-state index in [1.165, 1.54) is 26.4 Å². The van der Waals surface area contributed by atoms with Crippen molar-refractivity contribution < 1.29 is 23.8 Å². The molecule has 0 bridgehead atoms. The number of carbonyl (C=O) groups is 2. The molecule has 0 unspecified atom stereocenters. The number of ketones is 1. The highest BCUT2D eigenvalue weighted by atomic mass is 35.5. The van der Waals surface area contributed by atoms with Gasteiger partial charge in [0.05, 0.1) is 24.8 Å². The third-order valence-electron chi connectivity index (χ3n) is 4.49. The van der Waals surface area contributed by atoms with Gasteiger partial charge in [0.15, 0.2) is 18.1 Å². The van der Waals surface area contributed by atoms with E-state index in [2.05, 4.69) is 4.98 Å². The first-order valence-corrected chi connectivity index (χ1v) is 9.08. The number of hydrogen-bond acceptors (Lipinski definition) is 5. The van der Waals surface area contributed by atoms with Crippen LogP contribution >= 0.6 is 11.6 Å². The highest BCUT2D eigenvalue weighted by Crippen LogP contribution is 2.36. The average molecular weight is 402 g/mol. The first-order chi connectivity index (χ1) is 13.5. The van der Waals surface area contributed by atoms with Gasteiger partial charge in [0.1, 0.15) is 0 Å². The molecule has 0 radical (unpaired) electrons. The van der Waals surface area contributed by atoms with Crippen molar-refractivity contribution in [2.75, 3.05) is 20.8 Å². The molecule has 3 rings (SSSR count). The van der Waals surface area contributed by atoms with Crippen molar-refractivity contribution in [3.8, 4) is 11.5 Å². The molecule has 0 atom stereocenters. The van der Waals surface area contributed by atoms with Gasteiger partial charge in [0.2, 0.25) is 5.78 Å². The molecule has 0 aliphatic heterocycles. The molecule has 0 aliphatic carbocycles. The fraction of sp³-hybridized carbons (Fsp3) is 0.238. The van der Waals surface area contributed by atoms with Gasteiger partial charge in [0, 0.05) is 22.7 Å². The van der Waals surface area contributed by atoms with Gasteiger partial charge in [-0.15, -0.1) is 0 Å². The van der Waals surface area contributed by atoms with E-state index >= 15 is 0 Å². The number of aryl methyl sites for hydroxylation is 1. The van der Waals surface area contributed by atoms with E-state index in [0.717, 1.165) is 22.9 Å². The number of nitrogens with one attached hydrogen (secondary N) is 1. The number of aromatic nitrogens is 1. The molecule has 1 heterocycles. The number of ether oxygens (including phenoxy) is 3. The molecule has 2 aromatic carbocycles. The standard InChI is InChI=1S/C21H20ClNO5/c1-4-12-6-5-7-14-15(10-23-19(12)14)17(24)11-28-21(25)13-8-16(22)20(27-3)18(9-13)26-2/h5-10,23H,4,11H2,1-3H3. The minimum Gasteiger partial charge on any atom is -0.493 e. The number of halogens is 1. The van der Waals surface area contributed by atoms with Crippen LogP contribution in [0, 0.1) is 0 Å².